The van der Waals surface area contributed by atoms with Crippen LogP contribution in [0.15, 0.2) is 77.4 Å². The molecule has 0 atom stereocenters. The van der Waals surface area contributed by atoms with Crippen LogP contribution in [0.2, 0.25) is 5.02 Å². The average molecular weight is 448 g/mol. The Balaban J connectivity index is 1.51. The van der Waals surface area contributed by atoms with Crippen LogP contribution in [0.5, 0.6) is 11.5 Å². The van der Waals surface area contributed by atoms with Crippen molar-refractivity contribution < 1.29 is 23.8 Å². The van der Waals surface area contributed by atoms with Gasteiger partial charge in [-0.1, -0.05) is 41.4 Å². The average Bonchev–Trinajstić information content (AvgIpc) is 3.15. The van der Waals surface area contributed by atoms with Gasteiger partial charge in [-0.2, -0.15) is 0 Å². The van der Waals surface area contributed by atoms with Crippen LogP contribution in [-0.2, 0) is 9.53 Å². The fraction of sp³-hybridized carbons (Fsp3) is 0.0800. The van der Waals surface area contributed by atoms with Crippen LogP contribution in [-0.4, -0.2) is 24.9 Å². The van der Waals surface area contributed by atoms with Gasteiger partial charge >= 0.3 is 11.9 Å². The van der Waals surface area contributed by atoms with Crippen molar-refractivity contribution >= 4 is 35.5 Å². The number of aliphatic imine (C=N–C) groups is 1. The van der Waals surface area contributed by atoms with Gasteiger partial charge < -0.3 is 14.2 Å². The Morgan fingerprint density at radius 2 is 1.75 bits per heavy atom. The minimum Gasteiger partial charge on any atom is -0.496 e. The van der Waals surface area contributed by atoms with E-state index in [0.717, 1.165) is 5.56 Å². The van der Waals surface area contributed by atoms with Crippen molar-refractivity contribution in [3.63, 3.8) is 0 Å². The zero-order chi connectivity index (χ0) is 22.7. The maximum absolute atomic E-state index is 12.3. The minimum atomic E-state index is -0.586. The topological polar surface area (TPSA) is 74.2 Å². The molecule has 7 heteroatoms. The van der Waals surface area contributed by atoms with Crippen LogP contribution in [0.3, 0.4) is 0 Å². The summed E-state index contributed by atoms with van der Waals surface area (Å²) < 4.78 is 16.0. The third-order valence-electron chi connectivity index (χ3n) is 4.69. The molecule has 4 rings (SSSR count). The van der Waals surface area contributed by atoms with Gasteiger partial charge in [0.1, 0.15) is 11.5 Å². The number of hydrogen-bond donors (Lipinski definition) is 0. The normalized spacial score (nSPS) is 14.2. The number of aryl methyl sites for hydroxylation is 1. The first kappa shape index (κ1) is 21.3. The number of methoxy groups -OCH3 is 1. The van der Waals surface area contributed by atoms with Crippen molar-refractivity contribution in [2.24, 2.45) is 4.99 Å². The number of rotatable bonds is 5. The molecule has 6 nitrogen and oxygen atoms in total. The Morgan fingerprint density at radius 1 is 1.03 bits per heavy atom. The second-order valence-electron chi connectivity index (χ2n) is 7.01. The van der Waals surface area contributed by atoms with Crippen molar-refractivity contribution in [1.82, 2.24) is 0 Å². The molecule has 3 aromatic carbocycles. The molecule has 0 radical (unpaired) electrons. The molecule has 1 aliphatic heterocycles. The van der Waals surface area contributed by atoms with Crippen LogP contribution in [0.25, 0.3) is 6.08 Å². The molecule has 32 heavy (non-hydrogen) atoms. The zero-order valence-electron chi connectivity index (χ0n) is 17.3. The number of halogens is 1. The molecule has 0 aromatic heterocycles. The van der Waals surface area contributed by atoms with Crippen molar-refractivity contribution in [3.05, 3.63) is 99.7 Å². The van der Waals surface area contributed by atoms with Crippen LogP contribution in [0, 0.1) is 6.92 Å². The monoisotopic (exact) mass is 447 g/mol. The molecule has 0 aliphatic carbocycles. The van der Waals surface area contributed by atoms with E-state index in [9.17, 15) is 9.59 Å². The van der Waals surface area contributed by atoms with Crippen molar-refractivity contribution in [1.29, 1.82) is 0 Å². The molecule has 0 unspecified atom stereocenters. The van der Waals surface area contributed by atoms with Crippen molar-refractivity contribution in [2.75, 3.05) is 7.11 Å². The van der Waals surface area contributed by atoms with E-state index in [1.165, 1.54) is 7.11 Å². The smallest absolute Gasteiger partial charge is 0.363 e. The lowest BCUT2D eigenvalue weighted by atomic mass is 10.1. The van der Waals surface area contributed by atoms with Gasteiger partial charge in [0.2, 0.25) is 5.90 Å². The molecular weight excluding hydrogens is 430 g/mol. The van der Waals surface area contributed by atoms with E-state index in [4.69, 9.17) is 25.8 Å². The summed E-state index contributed by atoms with van der Waals surface area (Å²) in [4.78, 5) is 28.8. The van der Waals surface area contributed by atoms with Crippen LogP contribution >= 0.6 is 11.6 Å². The van der Waals surface area contributed by atoms with Gasteiger partial charge in [-0.25, -0.2) is 14.6 Å². The molecule has 1 heterocycles. The van der Waals surface area contributed by atoms with E-state index in [0.29, 0.717) is 33.2 Å². The largest absolute Gasteiger partial charge is 0.496 e. The highest BCUT2D eigenvalue weighted by molar-refractivity contribution is 6.31. The first-order chi connectivity index (χ1) is 15.4. The van der Waals surface area contributed by atoms with Gasteiger partial charge in [0.05, 0.1) is 18.2 Å². The van der Waals surface area contributed by atoms with E-state index in [1.54, 1.807) is 60.7 Å². The van der Waals surface area contributed by atoms with E-state index >= 15 is 0 Å². The highest BCUT2D eigenvalue weighted by atomic mass is 35.5. The Morgan fingerprint density at radius 3 is 2.44 bits per heavy atom. The molecule has 0 amide bonds. The summed E-state index contributed by atoms with van der Waals surface area (Å²) in [7, 11) is 1.51. The van der Waals surface area contributed by atoms with Gasteiger partial charge in [-0.3, -0.25) is 0 Å². The second-order valence-corrected chi connectivity index (χ2v) is 7.44. The number of benzene rings is 3. The maximum Gasteiger partial charge on any atom is 0.363 e. The third-order valence-corrected chi connectivity index (χ3v) is 4.93. The van der Waals surface area contributed by atoms with Crippen LogP contribution in [0.1, 0.15) is 27.0 Å². The fourth-order valence-corrected chi connectivity index (χ4v) is 3.19. The quantitative estimate of drug-likeness (QED) is 0.304. The molecular formula is C25H18ClNO5. The number of carbonyl (C=O) groups excluding carboxylic acids is 2. The summed E-state index contributed by atoms with van der Waals surface area (Å²) in [5.74, 6) is -0.0390. The highest BCUT2D eigenvalue weighted by Gasteiger charge is 2.26. The van der Waals surface area contributed by atoms with E-state index in [2.05, 4.69) is 4.99 Å². The summed E-state index contributed by atoms with van der Waals surface area (Å²) in [6.07, 6.45) is 1.58. The molecule has 0 fully saturated rings. The lowest BCUT2D eigenvalue weighted by molar-refractivity contribution is -0.129. The standard InChI is InChI=1S/C25H18ClNO5/c1-15-3-7-17(8-4-15)24(28)31-19-10-5-16(6-11-19)13-21-25(29)32-23(27-21)20-14-18(26)9-12-22(20)30-2/h3-14H,1-2H3/b21-13-. The zero-order valence-corrected chi connectivity index (χ0v) is 18.1. The third kappa shape index (κ3) is 4.71. The lowest BCUT2D eigenvalue weighted by Crippen LogP contribution is -2.08. The molecule has 0 saturated carbocycles. The minimum absolute atomic E-state index is 0.115. The maximum atomic E-state index is 12.3. The summed E-state index contributed by atoms with van der Waals surface area (Å²) in [5, 5.41) is 0.466. The number of hydrogen-bond acceptors (Lipinski definition) is 6. The number of ether oxygens (including phenoxy) is 3. The summed E-state index contributed by atoms with van der Waals surface area (Å²) in [6.45, 7) is 1.95. The molecule has 0 bridgehead atoms. The first-order valence-electron chi connectivity index (χ1n) is 9.68. The van der Waals surface area contributed by atoms with Crippen LogP contribution < -0.4 is 9.47 Å². The van der Waals surface area contributed by atoms with Gasteiger partial charge in [0, 0.05) is 5.02 Å². The Kier molecular flexibility index (Phi) is 6.05. The first-order valence-corrected chi connectivity index (χ1v) is 10.1. The highest BCUT2D eigenvalue weighted by Crippen LogP contribution is 2.28. The van der Waals surface area contributed by atoms with Crippen molar-refractivity contribution in [2.45, 2.75) is 6.92 Å². The van der Waals surface area contributed by atoms with E-state index in [1.807, 2.05) is 19.1 Å². The Labute approximate surface area is 189 Å². The Bertz CT molecular complexity index is 1240. The SMILES string of the molecule is COc1ccc(Cl)cc1C1=N/C(=C\c2ccc(OC(=O)c3ccc(C)cc3)cc2)C(=O)O1. The van der Waals surface area contributed by atoms with Crippen molar-refractivity contribution in [3.8, 4) is 11.5 Å². The summed E-state index contributed by atoms with van der Waals surface area (Å²) in [5.41, 5.74) is 2.83. The van der Waals surface area contributed by atoms with E-state index in [-0.39, 0.29) is 11.6 Å². The van der Waals surface area contributed by atoms with Gasteiger partial charge in [-0.05, 0) is 61.0 Å². The predicted molar refractivity (Wildman–Crippen MR) is 121 cm³/mol. The molecule has 1 aliphatic rings. The van der Waals surface area contributed by atoms with Gasteiger partial charge in [0.15, 0.2) is 5.70 Å². The molecule has 0 saturated heterocycles. The number of nitrogens with zero attached hydrogens (tertiary/aromatic N) is 1. The fourth-order valence-electron chi connectivity index (χ4n) is 3.02. The molecule has 160 valence electrons. The second kappa shape index (κ2) is 9.08. The van der Waals surface area contributed by atoms with Gasteiger partial charge in [0.25, 0.3) is 0 Å². The molecule has 0 spiro atoms. The molecule has 0 N–H and O–H groups in total. The number of carbonyl (C=O) groups is 2. The Hall–Kier alpha value is -3.90. The summed E-state index contributed by atoms with van der Waals surface area (Å²) >= 11 is 6.05. The number of esters is 2. The predicted octanol–water partition coefficient (Wildman–Crippen LogP) is 5.22. The van der Waals surface area contributed by atoms with E-state index < -0.39 is 11.9 Å². The summed E-state index contributed by atoms with van der Waals surface area (Å²) in [6, 6.07) is 18.8. The van der Waals surface area contributed by atoms with Gasteiger partial charge in [-0.15, -0.1) is 0 Å². The molecule has 3 aromatic rings. The van der Waals surface area contributed by atoms with Crippen LogP contribution in [0.4, 0.5) is 0 Å². The number of cyclic esters (lactones) is 1. The lowest BCUT2D eigenvalue weighted by Gasteiger charge is -2.07.